The number of hydrogen-bond acceptors (Lipinski definition) is 3. The van der Waals surface area contributed by atoms with Gasteiger partial charge in [-0.15, -0.1) is 0 Å². The molecule has 0 atom stereocenters. The molecule has 108 valence electrons. The van der Waals surface area contributed by atoms with Gasteiger partial charge in [0.2, 0.25) is 5.91 Å². The van der Waals surface area contributed by atoms with Crippen LogP contribution in [0.5, 0.6) is 5.75 Å². The Morgan fingerprint density at radius 3 is 2.80 bits per heavy atom. The number of fused-ring (bicyclic) bond motifs is 1. The van der Waals surface area contributed by atoms with E-state index in [0.717, 1.165) is 10.5 Å². The summed E-state index contributed by atoms with van der Waals surface area (Å²) in [5, 5.41) is 2.47. The highest BCUT2D eigenvalue weighted by molar-refractivity contribution is 6.01. The van der Waals surface area contributed by atoms with Gasteiger partial charge in [0.05, 0.1) is 5.69 Å². The zero-order valence-electron chi connectivity index (χ0n) is 11.1. The number of alkyl halides is 2. The summed E-state index contributed by atoms with van der Waals surface area (Å²) >= 11 is 0. The third-order valence-electron chi connectivity index (χ3n) is 2.85. The van der Waals surface area contributed by atoms with Crippen LogP contribution in [-0.4, -0.2) is 31.0 Å². The summed E-state index contributed by atoms with van der Waals surface area (Å²) in [6, 6.07) is 4.61. The molecule has 20 heavy (non-hydrogen) atoms. The van der Waals surface area contributed by atoms with Gasteiger partial charge in [0.25, 0.3) is 0 Å². The first-order valence-corrected chi connectivity index (χ1v) is 6.05. The number of aryl methyl sites for hydroxylation is 1. The number of carbonyl (C=O) groups is 2. The number of anilines is 1. The molecule has 0 saturated carbocycles. The van der Waals surface area contributed by atoms with E-state index < -0.39 is 12.0 Å². The molecule has 0 radical (unpaired) electrons. The maximum absolute atomic E-state index is 13.5. The molecule has 0 spiro atoms. The molecule has 1 aliphatic heterocycles. The SMILES string of the molecule is CC(=O)NCCN1C(=O)C(F)(F)Oc2ccc(C)cc21. The predicted octanol–water partition coefficient (Wildman–Crippen LogP) is 1.45. The molecule has 0 aromatic heterocycles. The molecule has 1 N–H and O–H groups in total. The van der Waals surface area contributed by atoms with Gasteiger partial charge in [0, 0.05) is 20.0 Å². The molecule has 2 rings (SSSR count). The fourth-order valence-electron chi connectivity index (χ4n) is 1.94. The molecule has 7 heteroatoms. The largest absolute Gasteiger partial charge is 0.482 e. The first kappa shape index (κ1) is 14.2. The lowest BCUT2D eigenvalue weighted by Gasteiger charge is -2.33. The summed E-state index contributed by atoms with van der Waals surface area (Å²) in [5.41, 5.74) is 1.10. The normalized spacial score (nSPS) is 16.4. The molecule has 0 bridgehead atoms. The zero-order chi connectivity index (χ0) is 14.9. The minimum Gasteiger partial charge on any atom is -0.423 e. The van der Waals surface area contributed by atoms with Gasteiger partial charge in [-0.1, -0.05) is 6.07 Å². The highest BCUT2D eigenvalue weighted by atomic mass is 19.3. The molecular formula is C13H14F2N2O3. The van der Waals surface area contributed by atoms with Crippen molar-refractivity contribution < 1.29 is 23.1 Å². The Balaban J connectivity index is 2.30. The van der Waals surface area contributed by atoms with E-state index in [0.29, 0.717) is 0 Å². The van der Waals surface area contributed by atoms with Gasteiger partial charge in [-0.05, 0) is 24.6 Å². The number of carbonyl (C=O) groups excluding carboxylic acids is 2. The Hall–Kier alpha value is -2.18. The summed E-state index contributed by atoms with van der Waals surface area (Å²) in [4.78, 5) is 23.5. The van der Waals surface area contributed by atoms with Gasteiger partial charge in [0.1, 0.15) is 0 Å². The second-order valence-electron chi connectivity index (χ2n) is 4.53. The van der Waals surface area contributed by atoms with Gasteiger partial charge in [-0.3, -0.25) is 14.5 Å². The number of benzene rings is 1. The third-order valence-corrected chi connectivity index (χ3v) is 2.85. The van der Waals surface area contributed by atoms with Crippen molar-refractivity contribution in [2.75, 3.05) is 18.0 Å². The van der Waals surface area contributed by atoms with E-state index in [2.05, 4.69) is 10.1 Å². The van der Waals surface area contributed by atoms with Crippen LogP contribution in [0.1, 0.15) is 12.5 Å². The predicted molar refractivity (Wildman–Crippen MR) is 67.8 cm³/mol. The van der Waals surface area contributed by atoms with Crippen LogP contribution >= 0.6 is 0 Å². The van der Waals surface area contributed by atoms with Crippen molar-refractivity contribution in [2.24, 2.45) is 0 Å². The van der Waals surface area contributed by atoms with Crippen LogP contribution < -0.4 is 15.0 Å². The van der Waals surface area contributed by atoms with Crippen LogP contribution in [0.15, 0.2) is 18.2 Å². The fraction of sp³-hybridized carbons (Fsp3) is 0.385. The van der Waals surface area contributed by atoms with Crippen LogP contribution in [0.2, 0.25) is 0 Å². The van der Waals surface area contributed by atoms with E-state index in [1.54, 1.807) is 19.1 Å². The molecule has 2 amide bonds. The number of nitrogens with zero attached hydrogens (tertiary/aromatic N) is 1. The van der Waals surface area contributed by atoms with Crippen molar-refractivity contribution in [3.63, 3.8) is 0 Å². The molecule has 0 aliphatic carbocycles. The summed E-state index contributed by atoms with van der Waals surface area (Å²) in [7, 11) is 0. The zero-order valence-corrected chi connectivity index (χ0v) is 11.1. The van der Waals surface area contributed by atoms with Gasteiger partial charge in [-0.25, -0.2) is 0 Å². The quantitative estimate of drug-likeness (QED) is 0.914. The fourth-order valence-corrected chi connectivity index (χ4v) is 1.94. The van der Waals surface area contributed by atoms with Crippen molar-refractivity contribution in [2.45, 2.75) is 20.0 Å². The molecular weight excluding hydrogens is 270 g/mol. The van der Waals surface area contributed by atoms with Gasteiger partial charge in [-0.2, -0.15) is 8.78 Å². The smallest absolute Gasteiger partial charge is 0.423 e. The number of amides is 2. The minimum absolute atomic E-state index is 0.0478. The second-order valence-corrected chi connectivity index (χ2v) is 4.53. The third kappa shape index (κ3) is 2.71. The Bertz CT molecular complexity index is 561. The lowest BCUT2D eigenvalue weighted by Crippen LogP contribution is -2.52. The van der Waals surface area contributed by atoms with E-state index in [1.807, 2.05) is 0 Å². The number of hydrogen-bond donors (Lipinski definition) is 1. The highest BCUT2D eigenvalue weighted by Gasteiger charge is 2.50. The Labute approximate surface area is 114 Å². The van der Waals surface area contributed by atoms with E-state index in [-0.39, 0.29) is 30.4 Å². The van der Waals surface area contributed by atoms with Crippen LogP contribution in [0.25, 0.3) is 0 Å². The topological polar surface area (TPSA) is 58.6 Å². The van der Waals surface area contributed by atoms with E-state index in [4.69, 9.17) is 0 Å². The number of rotatable bonds is 3. The lowest BCUT2D eigenvalue weighted by molar-refractivity contribution is -0.192. The van der Waals surface area contributed by atoms with Crippen LogP contribution in [0, 0.1) is 6.92 Å². The first-order chi connectivity index (χ1) is 9.31. The second kappa shape index (κ2) is 5.07. The van der Waals surface area contributed by atoms with Gasteiger partial charge >= 0.3 is 12.0 Å². The molecule has 1 aliphatic rings. The lowest BCUT2D eigenvalue weighted by atomic mass is 10.1. The minimum atomic E-state index is -3.89. The first-order valence-electron chi connectivity index (χ1n) is 6.05. The molecule has 1 aromatic rings. The van der Waals surface area contributed by atoms with Crippen molar-refractivity contribution in [3.8, 4) is 5.75 Å². The van der Waals surface area contributed by atoms with Crippen LogP contribution in [0.3, 0.4) is 0 Å². The standard InChI is InChI=1S/C13H14F2N2O3/c1-8-3-4-11-10(7-8)17(6-5-16-9(2)18)12(19)13(14,15)20-11/h3-4,7H,5-6H2,1-2H3,(H,16,18). The van der Waals surface area contributed by atoms with E-state index in [9.17, 15) is 18.4 Å². The molecule has 0 saturated heterocycles. The van der Waals surface area contributed by atoms with Gasteiger partial charge in [0.15, 0.2) is 5.75 Å². The van der Waals surface area contributed by atoms with Crippen molar-refractivity contribution >= 4 is 17.5 Å². The Kier molecular flexibility index (Phi) is 3.61. The van der Waals surface area contributed by atoms with Crippen LogP contribution in [0.4, 0.5) is 14.5 Å². The average Bonchev–Trinajstić information content (AvgIpc) is 2.34. The number of halogens is 2. The maximum Gasteiger partial charge on any atom is 0.482 e. The van der Waals surface area contributed by atoms with Gasteiger partial charge < -0.3 is 10.1 Å². The van der Waals surface area contributed by atoms with Crippen LogP contribution in [-0.2, 0) is 9.59 Å². The van der Waals surface area contributed by atoms with Crippen molar-refractivity contribution in [1.82, 2.24) is 5.32 Å². The summed E-state index contributed by atoms with van der Waals surface area (Å²) < 4.78 is 31.5. The highest BCUT2D eigenvalue weighted by Crippen LogP contribution is 2.39. The summed E-state index contributed by atoms with van der Waals surface area (Å²) in [6.07, 6.45) is -3.89. The molecule has 1 aromatic carbocycles. The van der Waals surface area contributed by atoms with Crippen molar-refractivity contribution in [1.29, 1.82) is 0 Å². The van der Waals surface area contributed by atoms with Crippen molar-refractivity contribution in [3.05, 3.63) is 23.8 Å². The monoisotopic (exact) mass is 284 g/mol. The summed E-state index contributed by atoms with van der Waals surface area (Å²) in [6.45, 7) is 3.13. The number of ether oxygens (including phenoxy) is 1. The molecule has 0 unspecified atom stereocenters. The maximum atomic E-state index is 13.5. The molecule has 1 heterocycles. The summed E-state index contributed by atoms with van der Waals surface area (Å²) in [5.74, 6) is -1.77. The number of nitrogens with one attached hydrogen (secondary N) is 1. The Morgan fingerprint density at radius 1 is 1.45 bits per heavy atom. The van der Waals surface area contributed by atoms with E-state index in [1.165, 1.54) is 13.0 Å². The molecule has 5 nitrogen and oxygen atoms in total. The molecule has 0 fully saturated rings. The average molecular weight is 284 g/mol. The Morgan fingerprint density at radius 2 is 2.15 bits per heavy atom. The van der Waals surface area contributed by atoms with E-state index >= 15 is 0 Å².